The lowest BCUT2D eigenvalue weighted by atomic mass is 10.1. The Morgan fingerprint density at radius 1 is 1.29 bits per heavy atom. The van der Waals surface area contributed by atoms with Crippen molar-refractivity contribution in [3.05, 3.63) is 23.8 Å². The number of aliphatic carboxylic acids is 1. The zero-order valence-electron chi connectivity index (χ0n) is 12.3. The Morgan fingerprint density at radius 3 is 2.52 bits per heavy atom. The molecule has 0 radical (unpaired) electrons. The van der Waals surface area contributed by atoms with Gasteiger partial charge in [-0.1, -0.05) is 0 Å². The molecule has 6 nitrogen and oxygen atoms in total. The number of nitrogens with one attached hydrogen (secondary N) is 1. The van der Waals surface area contributed by atoms with Crippen molar-refractivity contribution >= 4 is 11.9 Å². The number of ether oxygens (including phenoxy) is 2. The number of hydrogen-bond donors (Lipinski definition) is 2. The van der Waals surface area contributed by atoms with Gasteiger partial charge in [0.2, 0.25) is 5.91 Å². The standard InChI is InChI=1S/C15H19NO5/c1-8(16-14(17)11-7-12(11)15(18)19)10-5-4-9(20-2)6-13(10)21-3/h4-6,8,11-12H,7H2,1-3H3,(H,16,17)(H,18,19)/t8-,11-,12+/m0/s1. The Kier molecular flexibility index (Phi) is 4.35. The summed E-state index contributed by atoms with van der Waals surface area (Å²) in [6.07, 6.45) is 0.410. The lowest BCUT2D eigenvalue weighted by molar-refractivity contribution is -0.140. The molecule has 0 spiro atoms. The number of carboxylic acids is 1. The first-order chi connectivity index (χ1) is 9.97. The molecule has 1 aromatic rings. The molecule has 1 aliphatic carbocycles. The molecule has 1 saturated carbocycles. The first kappa shape index (κ1) is 15.2. The van der Waals surface area contributed by atoms with E-state index in [0.717, 1.165) is 5.56 Å². The molecule has 1 aliphatic rings. The SMILES string of the molecule is COc1ccc([C@H](C)NC(=O)[C@H]2C[C@H]2C(=O)O)c(OC)c1. The lowest BCUT2D eigenvalue weighted by Crippen LogP contribution is -2.29. The van der Waals surface area contributed by atoms with Crippen LogP contribution in [-0.4, -0.2) is 31.2 Å². The van der Waals surface area contributed by atoms with Gasteiger partial charge in [-0.05, 0) is 25.5 Å². The summed E-state index contributed by atoms with van der Waals surface area (Å²) in [7, 11) is 3.12. The summed E-state index contributed by atoms with van der Waals surface area (Å²) in [5, 5.41) is 11.7. The van der Waals surface area contributed by atoms with Gasteiger partial charge in [-0.25, -0.2) is 0 Å². The van der Waals surface area contributed by atoms with Crippen molar-refractivity contribution in [2.75, 3.05) is 14.2 Å². The van der Waals surface area contributed by atoms with E-state index in [2.05, 4.69) is 5.32 Å². The van der Waals surface area contributed by atoms with E-state index in [1.807, 2.05) is 13.0 Å². The van der Waals surface area contributed by atoms with Crippen LogP contribution in [0.2, 0.25) is 0 Å². The molecule has 1 fully saturated rings. The number of rotatable bonds is 6. The fraction of sp³-hybridized carbons (Fsp3) is 0.467. The average molecular weight is 293 g/mol. The lowest BCUT2D eigenvalue weighted by Gasteiger charge is -2.18. The van der Waals surface area contributed by atoms with Crippen LogP contribution in [0.15, 0.2) is 18.2 Å². The molecule has 1 amide bonds. The molecule has 0 aromatic heterocycles. The predicted molar refractivity (Wildman–Crippen MR) is 75.3 cm³/mol. The van der Waals surface area contributed by atoms with Crippen LogP contribution in [0.1, 0.15) is 24.9 Å². The van der Waals surface area contributed by atoms with Crippen molar-refractivity contribution < 1.29 is 24.2 Å². The maximum absolute atomic E-state index is 12.0. The predicted octanol–water partition coefficient (Wildman–Crippen LogP) is 1.60. The van der Waals surface area contributed by atoms with E-state index in [0.29, 0.717) is 17.9 Å². The van der Waals surface area contributed by atoms with Crippen LogP contribution in [0.5, 0.6) is 11.5 Å². The topological polar surface area (TPSA) is 84.9 Å². The Balaban J connectivity index is 2.05. The Labute approximate surface area is 123 Å². The number of benzene rings is 1. The van der Waals surface area contributed by atoms with Crippen molar-refractivity contribution in [3.63, 3.8) is 0 Å². The van der Waals surface area contributed by atoms with Gasteiger partial charge in [0.25, 0.3) is 0 Å². The quantitative estimate of drug-likeness (QED) is 0.832. The molecule has 1 aromatic carbocycles. The zero-order valence-corrected chi connectivity index (χ0v) is 12.3. The molecular formula is C15H19NO5. The van der Waals surface area contributed by atoms with Gasteiger partial charge >= 0.3 is 5.97 Å². The second-order valence-corrected chi connectivity index (χ2v) is 5.13. The van der Waals surface area contributed by atoms with Gasteiger partial charge in [-0.3, -0.25) is 9.59 Å². The zero-order chi connectivity index (χ0) is 15.6. The maximum Gasteiger partial charge on any atom is 0.307 e. The molecule has 6 heteroatoms. The van der Waals surface area contributed by atoms with E-state index in [1.54, 1.807) is 26.4 Å². The summed E-state index contributed by atoms with van der Waals surface area (Å²) in [6.45, 7) is 1.83. The Morgan fingerprint density at radius 2 is 2.00 bits per heavy atom. The van der Waals surface area contributed by atoms with Crippen LogP contribution in [0, 0.1) is 11.8 Å². The van der Waals surface area contributed by atoms with Crippen molar-refractivity contribution in [1.29, 1.82) is 0 Å². The second-order valence-electron chi connectivity index (χ2n) is 5.13. The molecule has 2 rings (SSSR count). The third-order valence-electron chi connectivity index (χ3n) is 3.71. The highest BCUT2D eigenvalue weighted by Gasteiger charge is 2.48. The maximum atomic E-state index is 12.0. The van der Waals surface area contributed by atoms with Gasteiger partial charge in [0.1, 0.15) is 11.5 Å². The van der Waals surface area contributed by atoms with E-state index in [-0.39, 0.29) is 11.9 Å². The number of carbonyl (C=O) groups excluding carboxylic acids is 1. The number of carbonyl (C=O) groups is 2. The van der Waals surface area contributed by atoms with Crippen LogP contribution >= 0.6 is 0 Å². The van der Waals surface area contributed by atoms with Crippen molar-refractivity contribution in [3.8, 4) is 11.5 Å². The third kappa shape index (κ3) is 3.26. The smallest absolute Gasteiger partial charge is 0.307 e. The molecule has 0 saturated heterocycles. The van der Waals surface area contributed by atoms with Crippen LogP contribution in [0.25, 0.3) is 0 Å². The van der Waals surface area contributed by atoms with Gasteiger partial charge in [0.05, 0.1) is 32.1 Å². The summed E-state index contributed by atoms with van der Waals surface area (Å²) in [5.41, 5.74) is 0.819. The molecule has 0 unspecified atom stereocenters. The summed E-state index contributed by atoms with van der Waals surface area (Å²) in [4.78, 5) is 22.8. The first-order valence-electron chi connectivity index (χ1n) is 6.73. The highest BCUT2D eigenvalue weighted by atomic mass is 16.5. The van der Waals surface area contributed by atoms with Gasteiger partial charge in [0, 0.05) is 11.6 Å². The van der Waals surface area contributed by atoms with Crippen LogP contribution in [0.4, 0.5) is 0 Å². The van der Waals surface area contributed by atoms with Gasteiger partial charge in [-0.15, -0.1) is 0 Å². The van der Waals surface area contributed by atoms with E-state index in [9.17, 15) is 9.59 Å². The number of hydrogen-bond acceptors (Lipinski definition) is 4. The van der Waals surface area contributed by atoms with Gasteiger partial charge in [0.15, 0.2) is 0 Å². The largest absolute Gasteiger partial charge is 0.497 e. The van der Waals surface area contributed by atoms with E-state index in [1.165, 1.54) is 0 Å². The van der Waals surface area contributed by atoms with Crippen LogP contribution < -0.4 is 14.8 Å². The second kappa shape index (κ2) is 6.03. The molecule has 21 heavy (non-hydrogen) atoms. The molecule has 2 N–H and O–H groups in total. The highest BCUT2D eigenvalue weighted by Crippen LogP contribution is 2.39. The Bertz CT molecular complexity index is 557. The monoisotopic (exact) mass is 293 g/mol. The highest BCUT2D eigenvalue weighted by molar-refractivity contribution is 5.89. The van der Waals surface area contributed by atoms with Crippen molar-refractivity contribution in [2.45, 2.75) is 19.4 Å². The van der Waals surface area contributed by atoms with Crippen molar-refractivity contribution in [1.82, 2.24) is 5.32 Å². The van der Waals surface area contributed by atoms with Crippen molar-refractivity contribution in [2.24, 2.45) is 11.8 Å². The minimum Gasteiger partial charge on any atom is -0.497 e. The number of carboxylic acid groups (broad SMARTS) is 1. The van der Waals surface area contributed by atoms with Crippen LogP contribution in [0.3, 0.4) is 0 Å². The number of methoxy groups -OCH3 is 2. The molecule has 0 bridgehead atoms. The van der Waals surface area contributed by atoms with E-state index < -0.39 is 17.8 Å². The van der Waals surface area contributed by atoms with Crippen LogP contribution in [-0.2, 0) is 9.59 Å². The summed E-state index contributed by atoms with van der Waals surface area (Å²) in [5.74, 6) is -0.822. The number of amides is 1. The fourth-order valence-corrected chi connectivity index (χ4v) is 2.33. The molecular weight excluding hydrogens is 274 g/mol. The van der Waals surface area contributed by atoms with Gasteiger partial charge < -0.3 is 19.9 Å². The normalized spacial score (nSPS) is 21.3. The fourth-order valence-electron chi connectivity index (χ4n) is 2.33. The van der Waals surface area contributed by atoms with E-state index >= 15 is 0 Å². The average Bonchev–Trinajstić information content (AvgIpc) is 3.27. The molecule has 0 aliphatic heterocycles. The molecule has 0 heterocycles. The summed E-state index contributed by atoms with van der Waals surface area (Å²) in [6, 6.07) is 5.09. The molecule has 3 atom stereocenters. The molecule has 114 valence electrons. The first-order valence-corrected chi connectivity index (χ1v) is 6.73. The summed E-state index contributed by atoms with van der Waals surface area (Å²) < 4.78 is 10.4. The Hall–Kier alpha value is -2.24. The minimum absolute atomic E-state index is 0.229. The summed E-state index contributed by atoms with van der Waals surface area (Å²) >= 11 is 0. The third-order valence-corrected chi connectivity index (χ3v) is 3.71. The van der Waals surface area contributed by atoms with Gasteiger partial charge in [-0.2, -0.15) is 0 Å². The minimum atomic E-state index is -0.912. The van der Waals surface area contributed by atoms with E-state index in [4.69, 9.17) is 14.6 Å².